The second kappa shape index (κ2) is 7.84. The summed E-state index contributed by atoms with van der Waals surface area (Å²) in [7, 11) is 1.59. The van der Waals surface area contributed by atoms with Gasteiger partial charge in [0.15, 0.2) is 11.6 Å². The first-order chi connectivity index (χ1) is 12.7. The van der Waals surface area contributed by atoms with E-state index in [1.165, 1.54) is 6.33 Å². The molecule has 0 radical (unpaired) electrons. The molecule has 2 aromatic carbocycles. The Hall–Kier alpha value is -3.81. The molecule has 26 heavy (non-hydrogen) atoms. The standard InChI is InChI=1S/C18H18N6O2/c1-26-14-9-5-8-13(10-14)22-16-15(19)17(21-11-20-16)23-24-18(25)12-6-3-2-4-7-12/h2-11H,19H2,1H3,(H,24,25)(H2,20,21,22,23). The van der Waals surface area contributed by atoms with Crippen LogP contribution in [0.1, 0.15) is 10.4 Å². The predicted molar refractivity (Wildman–Crippen MR) is 100 cm³/mol. The van der Waals surface area contributed by atoms with Gasteiger partial charge in [-0.1, -0.05) is 24.3 Å². The molecule has 8 nitrogen and oxygen atoms in total. The molecule has 0 bridgehead atoms. The average molecular weight is 350 g/mol. The summed E-state index contributed by atoms with van der Waals surface area (Å²) in [4.78, 5) is 20.3. The number of ether oxygens (including phenoxy) is 1. The maximum atomic E-state index is 12.1. The number of carbonyl (C=O) groups excluding carboxylic acids is 1. The van der Waals surface area contributed by atoms with Gasteiger partial charge in [0.2, 0.25) is 0 Å². The van der Waals surface area contributed by atoms with Crippen molar-refractivity contribution in [3.8, 4) is 5.75 Å². The second-order valence-electron chi connectivity index (χ2n) is 5.29. The minimum Gasteiger partial charge on any atom is -0.497 e. The van der Waals surface area contributed by atoms with Gasteiger partial charge < -0.3 is 15.8 Å². The fraction of sp³-hybridized carbons (Fsp3) is 0.0556. The smallest absolute Gasteiger partial charge is 0.269 e. The Balaban J connectivity index is 1.71. The normalized spacial score (nSPS) is 10.0. The number of nitrogens with two attached hydrogens (primary N) is 1. The van der Waals surface area contributed by atoms with Crippen LogP contribution in [0.2, 0.25) is 0 Å². The van der Waals surface area contributed by atoms with Crippen molar-refractivity contribution in [1.29, 1.82) is 0 Å². The number of methoxy groups -OCH3 is 1. The van der Waals surface area contributed by atoms with Crippen molar-refractivity contribution in [2.75, 3.05) is 23.6 Å². The van der Waals surface area contributed by atoms with Crippen molar-refractivity contribution in [1.82, 2.24) is 15.4 Å². The first-order valence-corrected chi connectivity index (χ1v) is 7.80. The summed E-state index contributed by atoms with van der Waals surface area (Å²) in [6.45, 7) is 0. The van der Waals surface area contributed by atoms with Crippen molar-refractivity contribution in [2.24, 2.45) is 0 Å². The Morgan fingerprint density at radius 2 is 1.81 bits per heavy atom. The molecule has 5 N–H and O–H groups in total. The molecule has 0 unspecified atom stereocenters. The van der Waals surface area contributed by atoms with E-state index in [-0.39, 0.29) is 17.4 Å². The molecule has 0 spiro atoms. The van der Waals surface area contributed by atoms with E-state index in [0.717, 1.165) is 5.69 Å². The summed E-state index contributed by atoms with van der Waals surface area (Å²) < 4.78 is 5.19. The Morgan fingerprint density at radius 3 is 2.58 bits per heavy atom. The number of nitrogens with one attached hydrogen (secondary N) is 3. The third kappa shape index (κ3) is 3.99. The van der Waals surface area contributed by atoms with Gasteiger partial charge in [-0.15, -0.1) is 0 Å². The van der Waals surface area contributed by atoms with Crippen molar-refractivity contribution in [2.45, 2.75) is 0 Å². The lowest BCUT2D eigenvalue weighted by Crippen LogP contribution is -2.30. The van der Waals surface area contributed by atoms with E-state index >= 15 is 0 Å². The van der Waals surface area contributed by atoms with Gasteiger partial charge in [0.05, 0.1) is 7.11 Å². The zero-order valence-corrected chi connectivity index (χ0v) is 14.1. The van der Waals surface area contributed by atoms with Crippen LogP contribution in [-0.2, 0) is 0 Å². The number of nitrogens with zero attached hydrogens (tertiary/aromatic N) is 2. The molecule has 1 heterocycles. The molecule has 1 aromatic heterocycles. The first kappa shape index (κ1) is 17.0. The number of hydrogen-bond acceptors (Lipinski definition) is 7. The molecule has 3 rings (SSSR count). The Bertz CT molecular complexity index is 901. The van der Waals surface area contributed by atoms with Gasteiger partial charge in [0, 0.05) is 17.3 Å². The Kier molecular flexibility index (Phi) is 5.14. The monoisotopic (exact) mass is 350 g/mol. The quantitative estimate of drug-likeness (QED) is 0.505. The number of amides is 1. The van der Waals surface area contributed by atoms with Crippen LogP contribution in [0, 0.1) is 0 Å². The van der Waals surface area contributed by atoms with Gasteiger partial charge in [-0.05, 0) is 24.3 Å². The molecule has 0 aliphatic heterocycles. The van der Waals surface area contributed by atoms with E-state index in [0.29, 0.717) is 17.1 Å². The number of nitrogen functional groups attached to an aromatic ring is 1. The van der Waals surface area contributed by atoms with Crippen LogP contribution in [-0.4, -0.2) is 23.0 Å². The maximum Gasteiger partial charge on any atom is 0.269 e. The van der Waals surface area contributed by atoms with Crippen molar-refractivity contribution >= 4 is 28.9 Å². The molecule has 0 aliphatic rings. The highest BCUT2D eigenvalue weighted by Gasteiger charge is 2.10. The number of anilines is 4. The Morgan fingerprint density at radius 1 is 1.04 bits per heavy atom. The van der Waals surface area contributed by atoms with E-state index < -0.39 is 0 Å². The van der Waals surface area contributed by atoms with Crippen LogP contribution in [0.15, 0.2) is 60.9 Å². The summed E-state index contributed by atoms with van der Waals surface area (Å²) in [5, 5.41) is 3.10. The molecule has 8 heteroatoms. The molecule has 0 saturated heterocycles. The van der Waals surface area contributed by atoms with Crippen LogP contribution in [0.25, 0.3) is 0 Å². The molecule has 0 saturated carbocycles. The lowest BCUT2D eigenvalue weighted by molar-refractivity contribution is 0.0962. The van der Waals surface area contributed by atoms with Crippen molar-refractivity contribution in [3.05, 3.63) is 66.5 Å². The highest BCUT2D eigenvalue weighted by molar-refractivity contribution is 5.95. The summed E-state index contributed by atoms with van der Waals surface area (Å²) in [6.07, 6.45) is 1.34. The predicted octanol–water partition coefficient (Wildman–Crippen LogP) is 2.57. The SMILES string of the molecule is COc1cccc(Nc2ncnc(NNC(=O)c3ccccc3)c2N)c1. The topological polar surface area (TPSA) is 114 Å². The van der Waals surface area contributed by atoms with Crippen molar-refractivity contribution < 1.29 is 9.53 Å². The zero-order valence-electron chi connectivity index (χ0n) is 14.1. The van der Waals surface area contributed by atoms with Gasteiger partial charge in [0.1, 0.15) is 17.8 Å². The van der Waals surface area contributed by atoms with E-state index in [1.54, 1.807) is 31.4 Å². The fourth-order valence-electron chi connectivity index (χ4n) is 2.21. The van der Waals surface area contributed by atoms with Gasteiger partial charge in [-0.2, -0.15) is 0 Å². The third-order valence-corrected chi connectivity index (χ3v) is 3.55. The molecule has 1 amide bonds. The van der Waals surface area contributed by atoms with Gasteiger partial charge in [0.25, 0.3) is 5.91 Å². The maximum absolute atomic E-state index is 12.1. The van der Waals surface area contributed by atoms with Crippen LogP contribution < -0.4 is 26.6 Å². The number of hydrazine groups is 1. The number of carbonyl (C=O) groups is 1. The number of hydrogen-bond donors (Lipinski definition) is 4. The second-order valence-corrected chi connectivity index (χ2v) is 5.29. The molecule has 132 valence electrons. The van der Waals surface area contributed by atoms with Gasteiger partial charge in [-0.25, -0.2) is 9.97 Å². The van der Waals surface area contributed by atoms with E-state index in [9.17, 15) is 4.79 Å². The number of benzene rings is 2. The number of rotatable bonds is 6. The summed E-state index contributed by atoms with van der Waals surface area (Å²) in [5.41, 5.74) is 12.9. The highest BCUT2D eigenvalue weighted by atomic mass is 16.5. The van der Waals surface area contributed by atoms with E-state index in [4.69, 9.17) is 10.5 Å². The number of aromatic nitrogens is 2. The van der Waals surface area contributed by atoms with E-state index in [2.05, 4.69) is 26.1 Å². The molecule has 0 atom stereocenters. The third-order valence-electron chi connectivity index (χ3n) is 3.55. The van der Waals surface area contributed by atoms with Crippen LogP contribution in [0.5, 0.6) is 5.75 Å². The molecule has 3 aromatic rings. The summed E-state index contributed by atoms with van der Waals surface area (Å²) in [6, 6.07) is 16.2. The molecular formula is C18H18N6O2. The van der Waals surface area contributed by atoms with Crippen molar-refractivity contribution in [3.63, 3.8) is 0 Å². The largest absolute Gasteiger partial charge is 0.497 e. The molecule has 0 fully saturated rings. The van der Waals surface area contributed by atoms with Crippen LogP contribution in [0.3, 0.4) is 0 Å². The lowest BCUT2D eigenvalue weighted by atomic mass is 10.2. The van der Waals surface area contributed by atoms with Gasteiger partial charge >= 0.3 is 0 Å². The summed E-state index contributed by atoms with van der Waals surface area (Å²) in [5.74, 6) is 1.10. The minimum atomic E-state index is -0.300. The minimum absolute atomic E-state index is 0.267. The average Bonchev–Trinajstić information content (AvgIpc) is 2.69. The molecular weight excluding hydrogens is 332 g/mol. The highest BCUT2D eigenvalue weighted by Crippen LogP contribution is 2.26. The Labute approximate surface area is 150 Å². The molecule has 0 aliphatic carbocycles. The van der Waals surface area contributed by atoms with E-state index in [1.807, 2.05) is 30.3 Å². The van der Waals surface area contributed by atoms with Crippen LogP contribution >= 0.6 is 0 Å². The summed E-state index contributed by atoms with van der Waals surface area (Å²) >= 11 is 0. The fourth-order valence-corrected chi connectivity index (χ4v) is 2.21. The lowest BCUT2D eigenvalue weighted by Gasteiger charge is -2.13. The van der Waals surface area contributed by atoms with Gasteiger partial charge in [-0.3, -0.25) is 15.6 Å². The zero-order chi connectivity index (χ0) is 18.4. The first-order valence-electron chi connectivity index (χ1n) is 7.80. The van der Waals surface area contributed by atoms with Crippen LogP contribution in [0.4, 0.5) is 23.0 Å².